The van der Waals surface area contributed by atoms with E-state index in [1.807, 2.05) is 13.8 Å². The van der Waals surface area contributed by atoms with Crippen molar-refractivity contribution in [2.24, 2.45) is 0 Å². The Morgan fingerprint density at radius 3 is 2.44 bits per heavy atom. The van der Waals surface area contributed by atoms with Crippen molar-refractivity contribution in [1.82, 2.24) is 4.31 Å². The fraction of sp³-hybridized carbons (Fsp3) is 0.208. The standard InChI is InChI=1S/C24H25ClN2O4S/c1-3-31-23-10-5-4-9-22(23)26-24(28)17-27(16-19-7-6-8-20(25)15-19)32(29,30)21-13-11-18(2)12-14-21/h4-15H,3,16-17H2,1-2H3,(H,26,28). The number of sulfonamides is 1. The van der Waals surface area contributed by atoms with Crippen molar-refractivity contribution < 1.29 is 17.9 Å². The fourth-order valence-corrected chi connectivity index (χ4v) is 4.72. The lowest BCUT2D eigenvalue weighted by Gasteiger charge is -2.22. The van der Waals surface area contributed by atoms with Crippen LogP contribution in [-0.2, 0) is 21.4 Å². The zero-order chi connectivity index (χ0) is 23.1. The lowest BCUT2D eigenvalue weighted by atomic mass is 10.2. The Balaban J connectivity index is 1.88. The summed E-state index contributed by atoms with van der Waals surface area (Å²) in [6, 6.07) is 20.5. The van der Waals surface area contributed by atoms with Crippen LogP contribution >= 0.6 is 11.6 Å². The molecule has 0 aliphatic carbocycles. The first-order valence-corrected chi connectivity index (χ1v) is 11.9. The highest BCUT2D eigenvalue weighted by atomic mass is 35.5. The van der Waals surface area contributed by atoms with Gasteiger partial charge in [-0.25, -0.2) is 8.42 Å². The van der Waals surface area contributed by atoms with E-state index in [4.69, 9.17) is 16.3 Å². The monoisotopic (exact) mass is 472 g/mol. The summed E-state index contributed by atoms with van der Waals surface area (Å²) in [4.78, 5) is 13.0. The molecule has 1 amide bonds. The number of amides is 1. The smallest absolute Gasteiger partial charge is 0.243 e. The highest BCUT2D eigenvalue weighted by Gasteiger charge is 2.27. The maximum atomic E-state index is 13.4. The number of hydrogen-bond acceptors (Lipinski definition) is 4. The van der Waals surface area contributed by atoms with Gasteiger partial charge in [-0.1, -0.05) is 53.6 Å². The van der Waals surface area contributed by atoms with E-state index in [-0.39, 0.29) is 18.0 Å². The third kappa shape index (κ3) is 6.09. The first-order valence-electron chi connectivity index (χ1n) is 10.1. The Hall–Kier alpha value is -2.87. The lowest BCUT2D eigenvalue weighted by molar-refractivity contribution is -0.116. The Kier molecular flexibility index (Phi) is 7.90. The van der Waals surface area contributed by atoms with Gasteiger partial charge in [0.15, 0.2) is 0 Å². The summed E-state index contributed by atoms with van der Waals surface area (Å²) in [6.45, 7) is 3.79. The number of nitrogens with one attached hydrogen (secondary N) is 1. The minimum atomic E-state index is -3.94. The third-order valence-electron chi connectivity index (χ3n) is 4.69. The number of ether oxygens (including phenoxy) is 1. The van der Waals surface area contributed by atoms with Crippen molar-refractivity contribution in [3.05, 3.63) is 88.9 Å². The second-order valence-electron chi connectivity index (χ2n) is 7.19. The molecule has 1 N–H and O–H groups in total. The number of rotatable bonds is 9. The molecule has 0 aliphatic heterocycles. The number of anilines is 1. The number of aryl methyl sites for hydroxylation is 1. The molecule has 0 aromatic heterocycles. The van der Waals surface area contributed by atoms with Crippen LogP contribution in [0.2, 0.25) is 5.02 Å². The zero-order valence-corrected chi connectivity index (χ0v) is 19.5. The van der Waals surface area contributed by atoms with Gasteiger partial charge in [0.25, 0.3) is 0 Å². The van der Waals surface area contributed by atoms with Crippen molar-refractivity contribution in [3.8, 4) is 5.75 Å². The maximum Gasteiger partial charge on any atom is 0.243 e. The molecule has 0 aliphatic rings. The summed E-state index contributed by atoms with van der Waals surface area (Å²) in [5.74, 6) is 0.0426. The lowest BCUT2D eigenvalue weighted by Crippen LogP contribution is -2.37. The molecule has 168 valence electrons. The molecule has 8 heteroatoms. The molecular weight excluding hydrogens is 448 g/mol. The van der Waals surface area contributed by atoms with Crippen LogP contribution in [0.25, 0.3) is 0 Å². The van der Waals surface area contributed by atoms with Gasteiger partial charge in [0.1, 0.15) is 5.75 Å². The van der Waals surface area contributed by atoms with Crippen molar-refractivity contribution >= 4 is 33.2 Å². The molecule has 32 heavy (non-hydrogen) atoms. The van der Waals surface area contributed by atoms with Gasteiger partial charge in [0.2, 0.25) is 15.9 Å². The fourth-order valence-electron chi connectivity index (χ4n) is 3.13. The van der Waals surface area contributed by atoms with E-state index >= 15 is 0 Å². The minimum Gasteiger partial charge on any atom is -0.492 e. The van der Waals surface area contributed by atoms with E-state index in [0.29, 0.717) is 28.6 Å². The van der Waals surface area contributed by atoms with E-state index in [1.54, 1.807) is 60.7 Å². The van der Waals surface area contributed by atoms with E-state index < -0.39 is 15.9 Å². The Bertz CT molecular complexity index is 1180. The van der Waals surface area contributed by atoms with E-state index in [1.165, 1.54) is 12.1 Å². The van der Waals surface area contributed by atoms with Crippen LogP contribution in [0.1, 0.15) is 18.1 Å². The predicted molar refractivity (Wildman–Crippen MR) is 126 cm³/mol. The predicted octanol–water partition coefficient (Wildman–Crippen LogP) is 4.88. The number of benzene rings is 3. The SMILES string of the molecule is CCOc1ccccc1NC(=O)CN(Cc1cccc(Cl)c1)S(=O)(=O)c1ccc(C)cc1. The van der Waals surface area contributed by atoms with Crippen molar-refractivity contribution in [2.45, 2.75) is 25.3 Å². The van der Waals surface area contributed by atoms with Gasteiger partial charge in [-0.15, -0.1) is 0 Å². The molecule has 0 spiro atoms. The summed E-state index contributed by atoms with van der Waals surface area (Å²) in [6.07, 6.45) is 0. The molecule has 6 nitrogen and oxygen atoms in total. The van der Waals surface area contributed by atoms with Crippen LogP contribution in [-0.4, -0.2) is 31.8 Å². The summed E-state index contributed by atoms with van der Waals surface area (Å²) in [5.41, 5.74) is 2.10. The van der Waals surface area contributed by atoms with Crippen molar-refractivity contribution in [2.75, 3.05) is 18.5 Å². The molecule has 0 saturated heterocycles. The number of para-hydroxylation sites is 2. The normalized spacial score (nSPS) is 11.4. The average Bonchev–Trinajstić information content (AvgIpc) is 2.75. The van der Waals surface area contributed by atoms with Crippen LogP contribution in [0.3, 0.4) is 0 Å². The topological polar surface area (TPSA) is 75.7 Å². The number of carbonyl (C=O) groups excluding carboxylic acids is 1. The molecule has 0 fully saturated rings. The highest BCUT2D eigenvalue weighted by Crippen LogP contribution is 2.25. The van der Waals surface area contributed by atoms with Crippen molar-refractivity contribution in [3.63, 3.8) is 0 Å². The molecule has 0 heterocycles. The van der Waals surface area contributed by atoms with Crippen molar-refractivity contribution in [1.29, 1.82) is 0 Å². The van der Waals surface area contributed by atoms with Gasteiger partial charge < -0.3 is 10.1 Å². The highest BCUT2D eigenvalue weighted by molar-refractivity contribution is 7.89. The first kappa shape index (κ1) is 23.8. The Morgan fingerprint density at radius 2 is 1.75 bits per heavy atom. The summed E-state index contributed by atoms with van der Waals surface area (Å²) < 4.78 is 33.4. The molecular formula is C24H25ClN2O4S. The molecule has 0 bridgehead atoms. The first-order chi connectivity index (χ1) is 15.3. The molecule has 3 aromatic carbocycles. The number of carbonyl (C=O) groups is 1. The second kappa shape index (κ2) is 10.6. The maximum absolute atomic E-state index is 13.4. The van der Waals surface area contributed by atoms with Gasteiger partial charge in [0, 0.05) is 11.6 Å². The van der Waals surface area contributed by atoms with Gasteiger partial charge >= 0.3 is 0 Å². The molecule has 0 atom stereocenters. The Labute approximate surface area is 193 Å². The summed E-state index contributed by atoms with van der Waals surface area (Å²) in [7, 11) is -3.94. The van der Waals surface area contributed by atoms with Crippen LogP contribution in [0.15, 0.2) is 77.7 Å². The molecule has 0 unspecified atom stereocenters. The van der Waals surface area contributed by atoms with Gasteiger partial charge in [-0.3, -0.25) is 4.79 Å². The van der Waals surface area contributed by atoms with Gasteiger partial charge in [-0.2, -0.15) is 4.31 Å². The molecule has 3 rings (SSSR count). The Morgan fingerprint density at radius 1 is 1.03 bits per heavy atom. The average molecular weight is 473 g/mol. The van der Waals surface area contributed by atoms with Crippen LogP contribution < -0.4 is 10.1 Å². The van der Waals surface area contributed by atoms with E-state index in [9.17, 15) is 13.2 Å². The summed E-state index contributed by atoms with van der Waals surface area (Å²) in [5, 5.41) is 3.25. The van der Waals surface area contributed by atoms with Crippen LogP contribution in [0.5, 0.6) is 5.75 Å². The van der Waals surface area contributed by atoms with Gasteiger partial charge in [-0.05, 0) is 55.8 Å². The van der Waals surface area contributed by atoms with Crippen LogP contribution in [0, 0.1) is 6.92 Å². The third-order valence-corrected chi connectivity index (χ3v) is 6.73. The van der Waals surface area contributed by atoms with Crippen LogP contribution in [0.4, 0.5) is 5.69 Å². The molecule has 0 radical (unpaired) electrons. The summed E-state index contributed by atoms with van der Waals surface area (Å²) >= 11 is 6.08. The number of hydrogen-bond donors (Lipinski definition) is 1. The number of nitrogens with zero attached hydrogens (tertiary/aromatic N) is 1. The van der Waals surface area contributed by atoms with E-state index in [2.05, 4.69) is 5.32 Å². The largest absolute Gasteiger partial charge is 0.492 e. The van der Waals surface area contributed by atoms with E-state index in [0.717, 1.165) is 9.87 Å². The number of halogens is 1. The molecule has 3 aromatic rings. The second-order valence-corrected chi connectivity index (χ2v) is 9.57. The quantitative estimate of drug-likeness (QED) is 0.481. The molecule has 0 saturated carbocycles. The minimum absolute atomic E-state index is 0.00268. The zero-order valence-electron chi connectivity index (χ0n) is 17.9. The van der Waals surface area contributed by atoms with Gasteiger partial charge in [0.05, 0.1) is 23.7 Å².